The number of aryl methyl sites for hydroxylation is 1. The fourth-order valence-corrected chi connectivity index (χ4v) is 0.863. The van der Waals surface area contributed by atoms with E-state index in [4.69, 9.17) is 4.74 Å². The van der Waals surface area contributed by atoms with E-state index < -0.39 is 0 Å². The number of ether oxygens (including phenoxy) is 1. The minimum atomic E-state index is 0.647. The Balaban J connectivity index is 0.000000561. The maximum Gasteiger partial charge on any atom is 0.0728 e. The van der Waals surface area contributed by atoms with Gasteiger partial charge >= 0.3 is 0 Å². The summed E-state index contributed by atoms with van der Waals surface area (Å²) in [7, 11) is 1.68. The molecule has 0 N–H and O–H groups in total. The molecule has 68 valence electrons. The van der Waals surface area contributed by atoms with E-state index >= 15 is 0 Å². The average Bonchev–Trinajstić information content (AvgIpc) is 2.09. The molecule has 0 aliphatic carbocycles. The first-order chi connectivity index (χ1) is 5.83. The highest BCUT2D eigenvalue weighted by Crippen LogP contribution is 2.01. The SMILES string of the molecule is CC.COCc1cncc(C)c1. The maximum atomic E-state index is 4.94. The van der Waals surface area contributed by atoms with Crippen LogP contribution in [0.4, 0.5) is 0 Å². The highest BCUT2D eigenvalue weighted by atomic mass is 16.5. The van der Waals surface area contributed by atoms with Crippen molar-refractivity contribution in [1.82, 2.24) is 4.98 Å². The average molecular weight is 167 g/mol. The Hall–Kier alpha value is -0.890. The van der Waals surface area contributed by atoms with Gasteiger partial charge in [-0.2, -0.15) is 0 Å². The molecule has 0 radical (unpaired) electrons. The number of nitrogens with zero attached hydrogens (tertiary/aromatic N) is 1. The Morgan fingerprint density at radius 1 is 1.33 bits per heavy atom. The van der Waals surface area contributed by atoms with Gasteiger partial charge in [-0.3, -0.25) is 4.98 Å². The van der Waals surface area contributed by atoms with Crippen LogP contribution in [-0.4, -0.2) is 12.1 Å². The summed E-state index contributed by atoms with van der Waals surface area (Å²) in [5, 5.41) is 0. The van der Waals surface area contributed by atoms with Gasteiger partial charge in [0.15, 0.2) is 0 Å². The largest absolute Gasteiger partial charge is 0.380 e. The molecule has 0 unspecified atom stereocenters. The molecule has 2 nitrogen and oxygen atoms in total. The van der Waals surface area contributed by atoms with Gasteiger partial charge in [0.25, 0.3) is 0 Å². The lowest BCUT2D eigenvalue weighted by Gasteiger charge is -1.98. The van der Waals surface area contributed by atoms with Crippen LogP contribution in [0.5, 0.6) is 0 Å². The molecule has 1 rings (SSSR count). The smallest absolute Gasteiger partial charge is 0.0728 e. The number of rotatable bonds is 2. The third kappa shape index (κ3) is 4.09. The highest BCUT2D eigenvalue weighted by Gasteiger charge is 1.90. The first-order valence-corrected chi connectivity index (χ1v) is 4.22. The van der Waals surface area contributed by atoms with Crippen molar-refractivity contribution in [3.63, 3.8) is 0 Å². The molecule has 1 aromatic rings. The number of pyridine rings is 1. The Morgan fingerprint density at radius 3 is 2.50 bits per heavy atom. The van der Waals surface area contributed by atoms with Crippen molar-refractivity contribution >= 4 is 0 Å². The lowest BCUT2D eigenvalue weighted by atomic mass is 10.2. The summed E-state index contributed by atoms with van der Waals surface area (Å²) in [4.78, 5) is 4.02. The summed E-state index contributed by atoms with van der Waals surface area (Å²) in [5.41, 5.74) is 2.30. The monoisotopic (exact) mass is 167 g/mol. The van der Waals surface area contributed by atoms with Crippen LogP contribution in [0.25, 0.3) is 0 Å². The topological polar surface area (TPSA) is 22.1 Å². The fraction of sp³-hybridized carbons (Fsp3) is 0.500. The molecule has 2 heteroatoms. The van der Waals surface area contributed by atoms with E-state index in [1.54, 1.807) is 7.11 Å². The quantitative estimate of drug-likeness (QED) is 0.675. The van der Waals surface area contributed by atoms with Crippen LogP contribution in [0, 0.1) is 6.92 Å². The Labute approximate surface area is 74.6 Å². The first-order valence-electron chi connectivity index (χ1n) is 4.22. The van der Waals surface area contributed by atoms with E-state index in [9.17, 15) is 0 Å². The predicted octanol–water partition coefficient (Wildman–Crippen LogP) is 2.56. The van der Waals surface area contributed by atoms with Crippen molar-refractivity contribution in [3.05, 3.63) is 29.6 Å². The number of hydrogen-bond acceptors (Lipinski definition) is 2. The highest BCUT2D eigenvalue weighted by molar-refractivity contribution is 5.15. The molecule has 0 saturated carbocycles. The maximum absolute atomic E-state index is 4.94. The molecule has 0 aromatic carbocycles. The Morgan fingerprint density at radius 2 is 2.00 bits per heavy atom. The first kappa shape index (κ1) is 11.1. The standard InChI is InChI=1S/C8H11NO.C2H6/c1-7-3-8(6-10-2)5-9-4-7;1-2/h3-5H,6H2,1-2H3;1-2H3. The molecule has 0 aliphatic rings. The molecule has 0 aliphatic heterocycles. The van der Waals surface area contributed by atoms with Crippen molar-refractivity contribution in [2.45, 2.75) is 27.4 Å². The van der Waals surface area contributed by atoms with Crippen LogP contribution < -0.4 is 0 Å². The third-order valence-corrected chi connectivity index (χ3v) is 1.24. The molecular weight excluding hydrogens is 150 g/mol. The minimum Gasteiger partial charge on any atom is -0.380 e. The zero-order valence-corrected chi connectivity index (χ0v) is 8.29. The fourth-order valence-electron chi connectivity index (χ4n) is 0.863. The molecule has 12 heavy (non-hydrogen) atoms. The Bertz CT molecular complexity index is 211. The molecule has 0 saturated heterocycles. The van der Waals surface area contributed by atoms with E-state index in [0.717, 1.165) is 5.56 Å². The summed E-state index contributed by atoms with van der Waals surface area (Å²) in [6, 6.07) is 2.07. The predicted molar refractivity (Wildman–Crippen MR) is 51.0 cm³/mol. The van der Waals surface area contributed by atoms with Crippen molar-refractivity contribution in [1.29, 1.82) is 0 Å². The normalized spacial score (nSPS) is 8.67. The minimum absolute atomic E-state index is 0.647. The summed E-state index contributed by atoms with van der Waals surface area (Å²) >= 11 is 0. The second-order valence-corrected chi connectivity index (χ2v) is 2.30. The Kier molecular flexibility index (Phi) is 6.29. The zero-order valence-electron chi connectivity index (χ0n) is 8.29. The molecule has 0 bridgehead atoms. The van der Waals surface area contributed by atoms with Crippen LogP contribution in [-0.2, 0) is 11.3 Å². The zero-order chi connectivity index (χ0) is 9.40. The van der Waals surface area contributed by atoms with Crippen LogP contribution >= 0.6 is 0 Å². The molecule has 0 atom stereocenters. The lowest BCUT2D eigenvalue weighted by Crippen LogP contribution is -1.88. The van der Waals surface area contributed by atoms with Gasteiger partial charge in [-0.15, -0.1) is 0 Å². The second kappa shape index (κ2) is 6.80. The van der Waals surface area contributed by atoms with Crippen LogP contribution in [0.15, 0.2) is 18.5 Å². The van der Waals surface area contributed by atoms with E-state index in [-0.39, 0.29) is 0 Å². The van der Waals surface area contributed by atoms with Gasteiger partial charge in [-0.25, -0.2) is 0 Å². The summed E-state index contributed by atoms with van der Waals surface area (Å²) in [6.45, 7) is 6.67. The van der Waals surface area contributed by atoms with E-state index in [0.29, 0.717) is 6.61 Å². The third-order valence-electron chi connectivity index (χ3n) is 1.24. The van der Waals surface area contributed by atoms with E-state index in [1.165, 1.54) is 5.56 Å². The summed E-state index contributed by atoms with van der Waals surface area (Å²) < 4.78 is 4.94. The van der Waals surface area contributed by atoms with Gasteiger partial charge in [0, 0.05) is 19.5 Å². The van der Waals surface area contributed by atoms with Crippen LogP contribution in [0.1, 0.15) is 25.0 Å². The van der Waals surface area contributed by atoms with Gasteiger partial charge in [0.1, 0.15) is 0 Å². The lowest BCUT2D eigenvalue weighted by molar-refractivity contribution is 0.184. The van der Waals surface area contributed by atoms with Crippen molar-refractivity contribution in [3.8, 4) is 0 Å². The van der Waals surface area contributed by atoms with Gasteiger partial charge in [-0.1, -0.05) is 19.9 Å². The molecule has 1 heterocycles. The molecule has 0 fully saturated rings. The molecular formula is C10H17NO. The van der Waals surface area contributed by atoms with Gasteiger partial charge in [0.05, 0.1) is 6.61 Å². The van der Waals surface area contributed by atoms with E-state index in [2.05, 4.69) is 11.1 Å². The van der Waals surface area contributed by atoms with Gasteiger partial charge < -0.3 is 4.74 Å². The van der Waals surface area contributed by atoms with Crippen LogP contribution in [0.2, 0.25) is 0 Å². The number of aromatic nitrogens is 1. The molecule has 1 aromatic heterocycles. The van der Waals surface area contributed by atoms with Gasteiger partial charge in [0.2, 0.25) is 0 Å². The van der Waals surface area contributed by atoms with E-state index in [1.807, 2.05) is 33.2 Å². The van der Waals surface area contributed by atoms with Crippen molar-refractivity contribution in [2.75, 3.05) is 7.11 Å². The van der Waals surface area contributed by atoms with Crippen LogP contribution in [0.3, 0.4) is 0 Å². The number of hydrogen-bond donors (Lipinski definition) is 0. The summed E-state index contributed by atoms with van der Waals surface area (Å²) in [6.07, 6.45) is 3.65. The summed E-state index contributed by atoms with van der Waals surface area (Å²) in [5.74, 6) is 0. The van der Waals surface area contributed by atoms with Gasteiger partial charge in [-0.05, 0) is 18.1 Å². The second-order valence-electron chi connectivity index (χ2n) is 2.30. The van der Waals surface area contributed by atoms with Crippen molar-refractivity contribution in [2.24, 2.45) is 0 Å². The van der Waals surface area contributed by atoms with Crippen molar-refractivity contribution < 1.29 is 4.74 Å². The number of methoxy groups -OCH3 is 1. The molecule has 0 spiro atoms. The molecule has 0 amide bonds.